The maximum absolute atomic E-state index is 11.3. The van der Waals surface area contributed by atoms with Crippen LogP contribution in [-0.4, -0.2) is 40.3 Å². The molecule has 1 aromatic carbocycles. The number of allylic oxidation sites excluding steroid dienone is 1. The number of hydrogen-bond donors (Lipinski definition) is 0. The molecule has 0 N–H and O–H groups in total. The zero-order chi connectivity index (χ0) is 23.1. The second-order valence-electron chi connectivity index (χ2n) is 9.49. The van der Waals surface area contributed by atoms with Gasteiger partial charge in [-0.2, -0.15) is 4.58 Å². The van der Waals surface area contributed by atoms with Gasteiger partial charge in [0.15, 0.2) is 10.8 Å². The van der Waals surface area contributed by atoms with E-state index in [-0.39, 0.29) is 21.4 Å². The quantitative estimate of drug-likeness (QED) is 0.317. The predicted octanol–water partition coefficient (Wildman–Crippen LogP) is 5.91. The Labute approximate surface area is 189 Å². The van der Waals surface area contributed by atoms with Crippen molar-refractivity contribution in [3.63, 3.8) is 0 Å². The first-order valence-electron chi connectivity index (χ1n) is 10.8. The van der Waals surface area contributed by atoms with E-state index in [1.807, 2.05) is 13.1 Å². The molecule has 31 heavy (non-hydrogen) atoms. The molecule has 3 rings (SSSR count). The van der Waals surface area contributed by atoms with Crippen molar-refractivity contribution in [2.24, 2.45) is 0 Å². The van der Waals surface area contributed by atoms with Crippen molar-refractivity contribution < 1.29 is 9.50 Å². The molecular weight excluding hydrogens is 408 g/mol. The summed E-state index contributed by atoms with van der Waals surface area (Å²) in [6, 6.07) is 5.13. The van der Waals surface area contributed by atoms with Crippen LogP contribution in [0.25, 0.3) is 6.08 Å². The molecule has 1 aliphatic rings. The van der Waals surface area contributed by atoms with Crippen LogP contribution in [0.5, 0.6) is 0 Å². The Hall–Kier alpha value is -2.54. The van der Waals surface area contributed by atoms with Crippen LogP contribution >= 0.6 is 11.3 Å². The highest BCUT2D eigenvalue weighted by atomic mass is 32.1. The van der Waals surface area contributed by atoms with E-state index in [1.165, 1.54) is 0 Å². The third-order valence-corrected chi connectivity index (χ3v) is 7.09. The summed E-state index contributed by atoms with van der Waals surface area (Å²) in [7, 11) is 2.03. The smallest absolute Gasteiger partial charge is 0.270 e. The Balaban J connectivity index is 2.05. The van der Waals surface area contributed by atoms with Crippen molar-refractivity contribution in [2.45, 2.75) is 59.3 Å². The van der Waals surface area contributed by atoms with Gasteiger partial charge in [0, 0.05) is 48.3 Å². The minimum atomic E-state index is -0.332. The monoisotopic (exact) mass is 441 g/mol. The van der Waals surface area contributed by atoms with Gasteiger partial charge >= 0.3 is 0 Å². The van der Waals surface area contributed by atoms with Gasteiger partial charge in [-0.25, -0.2) is 4.98 Å². The Morgan fingerprint density at radius 2 is 1.87 bits per heavy atom. The van der Waals surface area contributed by atoms with Gasteiger partial charge in [-0.3, -0.25) is 10.1 Å². The first-order chi connectivity index (χ1) is 14.4. The van der Waals surface area contributed by atoms with E-state index in [0.29, 0.717) is 0 Å². The number of aromatic nitrogens is 1. The minimum absolute atomic E-state index is 0.0626. The first kappa shape index (κ1) is 23.1. The Bertz CT molecular complexity index is 1070. The van der Waals surface area contributed by atoms with Crippen molar-refractivity contribution in [3.05, 3.63) is 50.5 Å². The maximum Gasteiger partial charge on any atom is 0.270 e. The molecule has 0 radical (unpaired) electrons. The lowest BCUT2D eigenvalue weighted by Crippen LogP contribution is -2.26. The molecule has 6 nitrogen and oxygen atoms in total. The van der Waals surface area contributed by atoms with Crippen LogP contribution in [0.4, 0.5) is 16.5 Å². The highest BCUT2D eigenvalue weighted by Gasteiger charge is 2.44. The van der Waals surface area contributed by atoms with Crippen LogP contribution in [0.2, 0.25) is 0 Å². The Kier molecular flexibility index (Phi) is 6.11. The number of nitrogens with zero attached hydrogens (tertiary/aromatic N) is 4. The number of benzene rings is 1. The molecule has 2 heterocycles. The molecule has 7 heteroatoms. The zero-order valence-electron chi connectivity index (χ0n) is 19.8. The number of nitro benzene ring substituents is 1. The second-order valence-corrected chi connectivity index (χ2v) is 10.5. The van der Waals surface area contributed by atoms with Gasteiger partial charge in [0.05, 0.1) is 20.9 Å². The molecule has 0 bridgehead atoms. The number of non-ortho nitro benzene ring substituents is 1. The normalized spacial score (nSPS) is 15.6. The van der Waals surface area contributed by atoms with Gasteiger partial charge in [-0.05, 0) is 33.8 Å². The fourth-order valence-electron chi connectivity index (χ4n) is 4.19. The van der Waals surface area contributed by atoms with Crippen LogP contribution in [0, 0.1) is 10.1 Å². The Morgan fingerprint density at radius 1 is 1.23 bits per heavy atom. The summed E-state index contributed by atoms with van der Waals surface area (Å²) in [5.41, 5.74) is 3.94. The van der Waals surface area contributed by atoms with Gasteiger partial charge in [0.2, 0.25) is 5.69 Å². The van der Waals surface area contributed by atoms with E-state index >= 15 is 0 Å². The molecule has 1 aliphatic heterocycles. The summed E-state index contributed by atoms with van der Waals surface area (Å²) in [5.74, 6) is 0. The number of fused-ring (bicyclic) bond motifs is 1. The summed E-state index contributed by atoms with van der Waals surface area (Å²) < 4.78 is 2.14. The molecule has 0 aliphatic carbocycles. The molecular formula is C24H33N4O2S+. The lowest BCUT2D eigenvalue weighted by molar-refractivity contribution is -0.402. The molecule has 1 aromatic heterocycles. The van der Waals surface area contributed by atoms with Crippen LogP contribution < -0.4 is 4.90 Å². The summed E-state index contributed by atoms with van der Waals surface area (Å²) in [6.45, 7) is 17.0. The van der Waals surface area contributed by atoms with Crippen LogP contribution in [0.3, 0.4) is 0 Å². The predicted molar refractivity (Wildman–Crippen MR) is 130 cm³/mol. The SMILES string of the molecule is CCN(CC)c1nc(C(C)(C)C)c(C=CC2=[N+](C)c3ccc([N+](=O)[O-])cc3C2(C)C)s1. The minimum Gasteiger partial charge on any atom is -0.349 e. The Morgan fingerprint density at radius 3 is 2.42 bits per heavy atom. The molecule has 0 spiro atoms. The topological polar surface area (TPSA) is 62.3 Å². The summed E-state index contributed by atoms with van der Waals surface area (Å²) in [4.78, 5) is 19.4. The average Bonchev–Trinajstić information content (AvgIpc) is 3.19. The molecule has 0 unspecified atom stereocenters. The van der Waals surface area contributed by atoms with E-state index in [0.717, 1.165) is 45.8 Å². The van der Waals surface area contributed by atoms with E-state index in [1.54, 1.807) is 23.5 Å². The fraction of sp³-hybridized carbons (Fsp3) is 0.500. The van der Waals surface area contributed by atoms with Gasteiger partial charge in [0.25, 0.3) is 5.69 Å². The molecule has 0 saturated carbocycles. The van der Waals surface area contributed by atoms with Gasteiger partial charge < -0.3 is 4.90 Å². The third-order valence-electron chi connectivity index (χ3n) is 6.01. The van der Waals surface area contributed by atoms with E-state index in [2.05, 4.69) is 70.1 Å². The largest absolute Gasteiger partial charge is 0.349 e. The van der Waals surface area contributed by atoms with Crippen molar-refractivity contribution in [3.8, 4) is 0 Å². The first-order valence-corrected chi connectivity index (χ1v) is 11.6. The van der Waals surface area contributed by atoms with E-state index < -0.39 is 0 Å². The van der Waals surface area contributed by atoms with E-state index in [4.69, 9.17) is 4.98 Å². The number of anilines is 1. The molecule has 0 saturated heterocycles. The number of thiazole rings is 1. The summed E-state index contributed by atoms with van der Waals surface area (Å²) in [6.07, 6.45) is 4.32. The average molecular weight is 442 g/mol. The summed E-state index contributed by atoms with van der Waals surface area (Å²) in [5, 5.41) is 12.3. The van der Waals surface area contributed by atoms with Crippen molar-refractivity contribution in [1.82, 2.24) is 4.98 Å². The molecule has 2 aromatic rings. The lowest BCUT2D eigenvalue weighted by atomic mass is 9.81. The van der Waals surface area contributed by atoms with Gasteiger partial charge in [0.1, 0.15) is 7.05 Å². The van der Waals surface area contributed by atoms with Gasteiger partial charge in [-0.15, -0.1) is 0 Å². The fourth-order valence-corrected chi connectivity index (χ4v) is 5.50. The van der Waals surface area contributed by atoms with Crippen molar-refractivity contribution in [2.75, 3.05) is 25.0 Å². The van der Waals surface area contributed by atoms with Crippen LogP contribution in [-0.2, 0) is 10.8 Å². The molecule has 0 fully saturated rings. The highest BCUT2D eigenvalue weighted by molar-refractivity contribution is 7.16. The summed E-state index contributed by atoms with van der Waals surface area (Å²) >= 11 is 1.73. The standard InChI is InChI=1S/C24H33N4O2S/c1-9-27(10-2)22-25-21(23(3,4)5)19(31-22)13-14-20-24(6,7)17-15-16(28(29)30)11-12-18(17)26(20)8/h11-15H,9-10H2,1-8H3/q+1. The molecule has 166 valence electrons. The van der Waals surface area contributed by atoms with Crippen LogP contribution in [0.1, 0.15) is 64.6 Å². The van der Waals surface area contributed by atoms with Crippen molar-refractivity contribution in [1.29, 1.82) is 0 Å². The zero-order valence-corrected chi connectivity index (χ0v) is 20.6. The molecule has 0 amide bonds. The number of nitro groups is 1. The van der Waals surface area contributed by atoms with Gasteiger partial charge in [-0.1, -0.05) is 32.1 Å². The van der Waals surface area contributed by atoms with E-state index in [9.17, 15) is 10.1 Å². The number of hydrogen-bond acceptors (Lipinski definition) is 5. The number of rotatable bonds is 6. The highest BCUT2D eigenvalue weighted by Crippen LogP contribution is 2.42. The maximum atomic E-state index is 11.3. The second kappa shape index (κ2) is 8.19. The molecule has 0 atom stereocenters. The lowest BCUT2D eigenvalue weighted by Gasteiger charge is -2.18. The van der Waals surface area contributed by atoms with Crippen molar-refractivity contribution >= 4 is 39.6 Å². The van der Waals surface area contributed by atoms with Crippen LogP contribution in [0.15, 0.2) is 24.3 Å². The third kappa shape index (κ3) is 4.15.